The van der Waals surface area contributed by atoms with Crippen molar-refractivity contribution in [2.45, 2.75) is 130 Å². The number of fused-ring (bicyclic) bond motifs is 5. The van der Waals surface area contributed by atoms with Crippen LogP contribution < -0.4 is 0 Å². The summed E-state index contributed by atoms with van der Waals surface area (Å²) in [6.45, 7) is 20.4. The lowest BCUT2D eigenvalue weighted by atomic mass is 9.35. The van der Waals surface area contributed by atoms with Gasteiger partial charge in [-0.1, -0.05) is 46.8 Å². The maximum Gasteiger partial charge on any atom is 0.0849 e. The van der Waals surface area contributed by atoms with Crippen molar-refractivity contribution in [3.05, 3.63) is 12.2 Å². The van der Waals surface area contributed by atoms with Crippen LogP contribution in [0, 0.1) is 45.3 Å². The van der Waals surface area contributed by atoms with Gasteiger partial charge in [0.05, 0.1) is 17.8 Å². The van der Waals surface area contributed by atoms with E-state index in [9.17, 15) is 15.3 Å². The summed E-state index contributed by atoms with van der Waals surface area (Å²) in [5.74, 6) is 2.59. The molecule has 0 saturated heterocycles. The molecule has 0 aromatic rings. The third kappa shape index (κ3) is 3.70. The summed E-state index contributed by atoms with van der Waals surface area (Å²) in [6, 6.07) is 0. The second kappa shape index (κ2) is 8.07. The molecule has 4 aliphatic rings. The molecule has 0 heterocycles. The smallest absolute Gasteiger partial charge is 0.0849 e. The third-order valence-electron chi connectivity index (χ3n) is 12.5. The average Bonchev–Trinajstić information content (AvgIpc) is 3.07. The Morgan fingerprint density at radius 3 is 2.18 bits per heavy atom. The van der Waals surface area contributed by atoms with Crippen molar-refractivity contribution in [2.24, 2.45) is 45.3 Å². The van der Waals surface area contributed by atoms with Gasteiger partial charge in [0.1, 0.15) is 0 Å². The molecule has 0 aromatic carbocycles. The zero-order valence-corrected chi connectivity index (χ0v) is 22.6. The first-order valence-electron chi connectivity index (χ1n) is 13.8. The summed E-state index contributed by atoms with van der Waals surface area (Å²) in [6.07, 6.45) is 10.3. The van der Waals surface area contributed by atoms with Crippen LogP contribution in [0.3, 0.4) is 0 Å². The van der Waals surface area contributed by atoms with E-state index < -0.39 is 11.7 Å². The largest absolute Gasteiger partial charge is 0.393 e. The second-order valence-corrected chi connectivity index (χ2v) is 14.6. The minimum absolute atomic E-state index is 0.0138. The molecule has 3 N–H and O–H groups in total. The molecule has 4 saturated carbocycles. The summed E-state index contributed by atoms with van der Waals surface area (Å²) in [5.41, 5.74) is 1.28. The zero-order chi connectivity index (χ0) is 24.6. The molecule has 0 spiro atoms. The lowest BCUT2D eigenvalue weighted by Gasteiger charge is -2.69. The molecule has 190 valence electrons. The number of rotatable bonds is 5. The van der Waals surface area contributed by atoms with E-state index in [1.54, 1.807) is 13.8 Å². The van der Waals surface area contributed by atoms with E-state index in [-0.39, 0.29) is 11.5 Å². The molecule has 0 aliphatic heterocycles. The highest BCUT2D eigenvalue weighted by molar-refractivity contribution is 5.20. The van der Waals surface area contributed by atoms with E-state index in [4.69, 9.17) is 0 Å². The molecule has 2 unspecified atom stereocenters. The zero-order valence-electron chi connectivity index (χ0n) is 22.6. The third-order valence-corrected chi connectivity index (χ3v) is 12.5. The fraction of sp³-hybridized carbons (Fsp3) is 0.933. The second-order valence-electron chi connectivity index (χ2n) is 14.6. The number of hydrogen-bond donors (Lipinski definition) is 3. The van der Waals surface area contributed by atoms with Crippen LogP contribution in [0.2, 0.25) is 0 Å². The maximum atomic E-state index is 10.8. The fourth-order valence-corrected chi connectivity index (χ4v) is 10.1. The van der Waals surface area contributed by atoms with E-state index in [1.165, 1.54) is 50.5 Å². The van der Waals surface area contributed by atoms with Crippen molar-refractivity contribution in [1.82, 2.24) is 0 Å². The van der Waals surface area contributed by atoms with Gasteiger partial charge in [0, 0.05) is 0 Å². The Bertz CT molecular complexity index is 765. The Balaban J connectivity index is 1.55. The quantitative estimate of drug-likeness (QED) is 0.410. The molecule has 0 bridgehead atoms. The highest BCUT2D eigenvalue weighted by Crippen LogP contribution is 2.75. The molecule has 0 amide bonds. The lowest BCUT2D eigenvalue weighted by molar-refractivity contribution is -0.220. The molecular formula is C30H52O3. The van der Waals surface area contributed by atoms with Crippen LogP contribution in [0.1, 0.15) is 113 Å². The van der Waals surface area contributed by atoms with Gasteiger partial charge in [0.15, 0.2) is 0 Å². The van der Waals surface area contributed by atoms with Crippen LogP contribution in [0.15, 0.2) is 12.2 Å². The van der Waals surface area contributed by atoms with Crippen LogP contribution in [-0.4, -0.2) is 33.1 Å². The van der Waals surface area contributed by atoms with E-state index in [0.717, 1.165) is 18.8 Å². The van der Waals surface area contributed by atoms with Gasteiger partial charge in [-0.2, -0.15) is 0 Å². The highest BCUT2D eigenvalue weighted by atomic mass is 16.3. The van der Waals surface area contributed by atoms with Gasteiger partial charge in [-0.25, -0.2) is 0 Å². The summed E-state index contributed by atoms with van der Waals surface area (Å²) in [4.78, 5) is 0. The topological polar surface area (TPSA) is 60.7 Å². The van der Waals surface area contributed by atoms with Gasteiger partial charge in [-0.05, 0) is 123 Å². The Morgan fingerprint density at radius 2 is 1.55 bits per heavy atom. The molecule has 9 atom stereocenters. The van der Waals surface area contributed by atoms with Gasteiger partial charge in [-0.15, -0.1) is 0 Å². The molecule has 0 aromatic heterocycles. The van der Waals surface area contributed by atoms with Crippen molar-refractivity contribution < 1.29 is 15.3 Å². The minimum atomic E-state index is -1.05. The molecular weight excluding hydrogens is 408 g/mol. The molecule has 4 rings (SSSR count). The normalized spacial score (nSPS) is 47.9. The SMILES string of the molecule is C=C(CCC(O)C(C)(C)O)[C@H]1CC[C@]2(C)[C@@H]1CC[C@@H]1[C@@]3(C)CCC(O)C(C)(C)[C@@H]3CC[C@]12C. The van der Waals surface area contributed by atoms with Gasteiger partial charge < -0.3 is 15.3 Å². The predicted molar refractivity (Wildman–Crippen MR) is 136 cm³/mol. The van der Waals surface area contributed by atoms with E-state index in [0.29, 0.717) is 40.4 Å². The highest BCUT2D eigenvalue weighted by Gasteiger charge is 2.68. The van der Waals surface area contributed by atoms with E-state index in [2.05, 4.69) is 41.2 Å². The molecule has 0 radical (unpaired) electrons. The summed E-state index contributed by atoms with van der Waals surface area (Å²) in [7, 11) is 0. The van der Waals surface area contributed by atoms with Gasteiger partial charge in [-0.3, -0.25) is 0 Å². The first-order chi connectivity index (χ1) is 15.1. The van der Waals surface area contributed by atoms with Gasteiger partial charge in [0.2, 0.25) is 0 Å². The van der Waals surface area contributed by atoms with Crippen LogP contribution in [-0.2, 0) is 0 Å². The van der Waals surface area contributed by atoms with Crippen molar-refractivity contribution in [2.75, 3.05) is 0 Å². The number of aliphatic hydroxyl groups is 3. The molecule has 3 nitrogen and oxygen atoms in total. The van der Waals surface area contributed by atoms with Crippen LogP contribution in [0.5, 0.6) is 0 Å². The molecule has 3 heteroatoms. The van der Waals surface area contributed by atoms with Crippen molar-refractivity contribution in [1.29, 1.82) is 0 Å². The summed E-state index contributed by atoms with van der Waals surface area (Å²) >= 11 is 0. The number of aliphatic hydroxyl groups excluding tert-OH is 2. The average molecular weight is 461 g/mol. The van der Waals surface area contributed by atoms with Crippen molar-refractivity contribution >= 4 is 0 Å². The van der Waals surface area contributed by atoms with Crippen LogP contribution in [0.4, 0.5) is 0 Å². The maximum absolute atomic E-state index is 10.8. The van der Waals surface area contributed by atoms with Crippen LogP contribution in [0.25, 0.3) is 0 Å². The Kier molecular flexibility index (Phi) is 6.28. The van der Waals surface area contributed by atoms with Crippen molar-refractivity contribution in [3.8, 4) is 0 Å². The Hall–Kier alpha value is -0.380. The predicted octanol–water partition coefficient (Wildman–Crippen LogP) is 6.50. The Labute approximate surface area is 203 Å². The summed E-state index contributed by atoms with van der Waals surface area (Å²) < 4.78 is 0. The van der Waals surface area contributed by atoms with Gasteiger partial charge >= 0.3 is 0 Å². The van der Waals surface area contributed by atoms with E-state index in [1.807, 2.05) is 0 Å². The first kappa shape index (κ1) is 25.7. The van der Waals surface area contributed by atoms with Gasteiger partial charge in [0.25, 0.3) is 0 Å². The van der Waals surface area contributed by atoms with Crippen LogP contribution >= 0.6 is 0 Å². The lowest BCUT2D eigenvalue weighted by Crippen LogP contribution is -2.63. The molecule has 4 fully saturated rings. The molecule has 4 aliphatic carbocycles. The fourth-order valence-electron chi connectivity index (χ4n) is 10.1. The number of allylic oxidation sites excluding steroid dienone is 1. The standard InChI is InChI=1S/C30H52O3/c1-19(9-12-25(32)27(4,5)33)20-13-17-29(7)21(20)10-11-23-28(6)16-15-24(31)26(2,3)22(28)14-18-30(23,29)8/h20-25,31-33H,1,9-18H2,2-8H3/t20-,21-,22+,23-,24?,25?,28+,29-,30-/m1/s1. The number of hydrogen-bond acceptors (Lipinski definition) is 3. The monoisotopic (exact) mass is 460 g/mol. The summed E-state index contributed by atoms with van der Waals surface area (Å²) in [5, 5.41) is 31.3. The Morgan fingerprint density at radius 1 is 0.909 bits per heavy atom. The van der Waals surface area contributed by atoms with E-state index >= 15 is 0 Å². The molecule has 33 heavy (non-hydrogen) atoms. The minimum Gasteiger partial charge on any atom is -0.393 e. The first-order valence-corrected chi connectivity index (χ1v) is 13.8. The van der Waals surface area contributed by atoms with Crippen molar-refractivity contribution in [3.63, 3.8) is 0 Å².